The van der Waals surface area contributed by atoms with Crippen LogP contribution in [-0.2, 0) is 0 Å². The lowest BCUT2D eigenvalue weighted by Crippen LogP contribution is -2.34. The number of aliphatic imine (C=N–C) groups is 1. The topological polar surface area (TPSA) is 83.4 Å². The first kappa shape index (κ1) is 20.6. The summed E-state index contributed by atoms with van der Waals surface area (Å²) in [6, 6.07) is 2.21. The molecule has 1 aromatic rings. The summed E-state index contributed by atoms with van der Waals surface area (Å²) in [6.45, 7) is 12.8. The van der Waals surface area contributed by atoms with Crippen LogP contribution in [0, 0.1) is 13.8 Å². The fourth-order valence-electron chi connectivity index (χ4n) is 3.73. The van der Waals surface area contributed by atoms with E-state index in [0.717, 1.165) is 50.3 Å². The smallest absolute Gasteiger partial charge is 0.0715 e. The van der Waals surface area contributed by atoms with Crippen LogP contribution in [0.3, 0.4) is 0 Å². The van der Waals surface area contributed by atoms with Gasteiger partial charge >= 0.3 is 0 Å². The lowest BCUT2D eigenvalue weighted by molar-refractivity contribution is 0.283. The van der Waals surface area contributed by atoms with E-state index < -0.39 is 0 Å². The molecule has 0 bridgehead atoms. The molecule has 0 radical (unpaired) electrons. The van der Waals surface area contributed by atoms with Crippen molar-refractivity contribution in [2.75, 3.05) is 32.7 Å². The van der Waals surface area contributed by atoms with Crippen molar-refractivity contribution in [3.8, 4) is 0 Å². The quantitative estimate of drug-likeness (QED) is 0.563. The number of H-pyrrole nitrogens is 1. The molecule has 0 atom stereocenters. The Morgan fingerprint density at radius 2 is 1.73 bits per heavy atom. The zero-order chi connectivity index (χ0) is 19.1. The van der Waals surface area contributed by atoms with Gasteiger partial charge < -0.3 is 21.4 Å². The fourth-order valence-corrected chi connectivity index (χ4v) is 3.73. The normalized spacial score (nSPS) is 16.3. The molecule has 0 unspecified atom stereocenters. The van der Waals surface area contributed by atoms with Crippen LogP contribution >= 0.6 is 0 Å². The molecule has 1 aromatic heterocycles. The van der Waals surface area contributed by atoms with Gasteiger partial charge in [0, 0.05) is 48.9 Å². The van der Waals surface area contributed by atoms with Gasteiger partial charge in [-0.1, -0.05) is 0 Å². The van der Waals surface area contributed by atoms with E-state index in [1.54, 1.807) is 0 Å². The highest BCUT2D eigenvalue weighted by Crippen LogP contribution is 2.33. The van der Waals surface area contributed by atoms with Crippen LogP contribution in [0.5, 0.6) is 0 Å². The van der Waals surface area contributed by atoms with Crippen molar-refractivity contribution in [2.24, 2.45) is 16.5 Å². The first-order chi connectivity index (χ1) is 12.5. The van der Waals surface area contributed by atoms with Crippen LogP contribution in [0.2, 0.25) is 0 Å². The Bertz CT molecular complexity index is 687. The van der Waals surface area contributed by atoms with Crippen molar-refractivity contribution in [1.29, 1.82) is 0 Å². The number of hydrogen-bond acceptors (Lipinski definition) is 4. The molecule has 1 aliphatic rings. The SMILES string of the molecule is CC1=CC(C)=N/C1=C(/CCCCN(CCN)CCN)c1[nH]c(C)cc1C. The van der Waals surface area contributed by atoms with Gasteiger partial charge in [0.15, 0.2) is 0 Å². The molecule has 0 spiro atoms. The van der Waals surface area contributed by atoms with Gasteiger partial charge in [0.1, 0.15) is 0 Å². The molecule has 0 amide bonds. The molecule has 1 aliphatic heterocycles. The van der Waals surface area contributed by atoms with E-state index in [0.29, 0.717) is 13.1 Å². The first-order valence-electron chi connectivity index (χ1n) is 9.72. The second-order valence-corrected chi connectivity index (χ2v) is 7.29. The third-order valence-electron chi connectivity index (χ3n) is 4.87. The number of nitrogens with one attached hydrogen (secondary N) is 1. The summed E-state index contributed by atoms with van der Waals surface area (Å²) < 4.78 is 0. The summed E-state index contributed by atoms with van der Waals surface area (Å²) in [5.41, 5.74) is 20.0. The molecular formula is C21H35N5. The number of aromatic nitrogens is 1. The summed E-state index contributed by atoms with van der Waals surface area (Å²) in [5, 5.41) is 0. The number of nitrogens with zero attached hydrogens (tertiary/aromatic N) is 2. The molecule has 5 N–H and O–H groups in total. The Hall–Kier alpha value is -1.69. The molecule has 0 saturated heterocycles. The highest BCUT2D eigenvalue weighted by atomic mass is 15.1. The van der Waals surface area contributed by atoms with Crippen molar-refractivity contribution in [3.05, 3.63) is 40.4 Å². The Balaban J connectivity index is 2.11. The van der Waals surface area contributed by atoms with Crippen molar-refractivity contribution in [2.45, 2.75) is 47.0 Å². The number of hydrogen-bond donors (Lipinski definition) is 3. The molecule has 0 saturated carbocycles. The minimum absolute atomic E-state index is 0.689. The lowest BCUT2D eigenvalue weighted by Gasteiger charge is -2.20. The third-order valence-corrected chi connectivity index (χ3v) is 4.87. The number of aryl methyl sites for hydroxylation is 2. The number of rotatable bonds is 10. The van der Waals surface area contributed by atoms with Gasteiger partial charge in [0.2, 0.25) is 0 Å². The van der Waals surface area contributed by atoms with Crippen LogP contribution in [0.4, 0.5) is 0 Å². The average molecular weight is 358 g/mol. The van der Waals surface area contributed by atoms with E-state index >= 15 is 0 Å². The Morgan fingerprint density at radius 1 is 1.04 bits per heavy atom. The molecule has 2 heterocycles. The van der Waals surface area contributed by atoms with E-state index in [9.17, 15) is 0 Å². The largest absolute Gasteiger partial charge is 0.359 e. The van der Waals surface area contributed by atoms with E-state index in [2.05, 4.69) is 49.7 Å². The maximum atomic E-state index is 5.70. The van der Waals surface area contributed by atoms with E-state index in [-0.39, 0.29) is 0 Å². The van der Waals surface area contributed by atoms with Crippen molar-refractivity contribution in [1.82, 2.24) is 9.88 Å². The maximum absolute atomic E-state index is 5.70. The Labute approximate surface area is 158 Å². The summed E-state index contributed by atoms with van der Waals surface area (Å²) in [4.78, 5) is 10.7. The molecule has 0 aromatic carbocycles. The van der Waals surface area contributed by atoms with Crippen molar-refractivity contribution >= 4 is 11.3 Å². The number of aromatic amines is 1. The van der Waals surface area contributed by atoms with Gasteiger partial charge in [0.25, 0.3) is 0 Å². The monoisotopic (exact) mass is 357 g/mol. The second-order valence-electron chi connectivity index (χ2n) is 7.29. The molecule has 5 heteroatoms. The zero-order valence-corrected chi connectivity index (χ0v) is 16.9. The molecule has 26 heavy (non-hydrogen) atoms. The van der Waals surface area contributed by atoms with E-state index in [1.165, 1.54) is 28.1 Å². The number of allylic oxidation sites excluding steroid dienone is 3. The first-order valence-corrected chi connectivity index (χ1v) is 9.72. The summed E-state index contributed by atoms with van der Waals surface area (Å²) in [6.07, 6.45) is 5.46. The minimum atomic E-state index is 0.689. The van der Waals surface area contributed by atoms with Crippen LogP contribution in [-0.4, -0.2) is 48.3 Å². The Kier molecular flexibility index (Phi) is 7.82. The predicted octanol–water partition coefficient (Wildman–Crippen LogP) is 3.15. The molecule has 2 rings (SSSR count). The summed E-state index contributed by atoms with van der Waals surface area (Å²) in [5.74, 6) is 0. The standard InChI is InChI=1S/C21H35N5/c1-15-13-17(3)24-20(15)19(21-16(2)14-18(4)25-21)7-5-6-10-26(11-8-22)12-9-23/h13-14,24H,5-12,22-23H2,1-4H3/b21-19-. The third kappa shape index (κ3) is 5.40. The van der Waals surface area contributed by atoms with E-state index in [4.69, 9.17) is 16.5 Å². The van der Waals surface area contributed by atoms with Gasteiger partial charge in [-0.25, -0.2) is 0 Å². The van der Waals surface area contributed by atoms with E-state index in [1.807, 2.05) is 0 Å². The molecule has 144 valence electrons. The van der Waals surface area contributed by atoms with Crippen LogP contribution in [0.25, 0.3) is 5.57 Å². The zero-order valence-electron chi connectivity index (χ0n) is 16.9. The molecule has 5 nitrogen and oxygen atoms in total. The summed E-state index contributed by atoms with van der Waals surface area (Å²) in [7, 11) is 0. The van der Waals surface area contributed by atoms with Gasteiger partial charge in [0.05, 0.1) is 5.70 Å². The van der Waals surface area contributed by atoms with Gasteiger partial charge in [-0.15, -0.1) is 0 Å². The van der Waals surface area contributed by atoms with Gasteiger partial charge in [-0.2, -0.15) is 0 Å². The number of unbranched alkanes of at least 4 members (excludes halogenated alkanes) is 1. The average Bonchev–Trinajstić information content (AvgIpc) is 3.08. The Morgan fingerprint density at radius 3 is 2.23 bits per heavy atom. The molecular weight excluding hydrogens is 322 g/mol. The predicted molar refractivity (Wildman–Crippen MR) is 112 cm³/mol. The lowest BCUT2D eigenvalue weighted by atomic mass is 9.98. The van der Waals surface area contributed by atoms with Gasteiger partial charge in [-0.05, 0) is 76.8 Å². The molecule has 0 aliphatic carbocycles. The van der Waals surface area contributed by atoms with Crippen LogP contribution < -0.4 is 11.5 Å². The maximum Gasteiger partial charge on any atom is 0.0715 e. The fraction of sp³-hybridized carbons (Fsp3) is 0.571. The van der Waals surface area contributed by atoms with Crippen molar-refractivity contribution in [3.63, 3.8) is 0 Å². The van der Waals surface area contributed by atoms with Crippen LogP contribution in [0.15, 0.2) is 28.4 Å². The number of nitrogens with two attached hydrogens (primary N) is 2. The minimum Gasteiger partial charge on any atom is -0.359 e. The van der Waals surface area contributed by atoms with Gasteiger partial charge in [-0.3, -0.25) is 4.99 Å². The second kappa shape index (κ2) is 9.86. The van der Waals surface area contributed by atoms with Crippen molar-refractivity contribution < 1.29 is 0 Å². The highest BCUT2D eigenvalue weighted by Gasteiger charge is 2.18. The highest BCUT2D eigenvalue weighted by molar-refractivity contribution is 5.99. The molecule has 0 fully saturated rings. The summed E-state index contributed by atoms with van der Waals surface area (Å²) >= 11 is 0. The van der Waals surface area contributed by atoms with Crippen LogP contribution in [0.1, 0.15) is 50.1 Å².